The fourth-order valence-corrected chi connectivity index (χ4v) is 2.90. The van der Waals surface area contributed by atoms with Crippen molar-refractivity contribution in [3.05, 3.63) is 53.3 Å². The van der Waals surface area contributed by atoms with Gasteiger partial charge in [0.1, 0.15) is 0 Å². The molecule has 18 heavy (non-hydrogen) atoms. The molecule has 1 aliphatic carbocycles. The predicted molar refractivity (Wildman–Crippen MR) is 70.1 cm³/mol. The average molecular weight is 242 g/mol. The van der Waals surface area contributed by atoms with Crippen LogP contribution in [-0.4, -0.2) is 14.9 Å². The molecule has 0 spiro atoms. The zero-order chi connectivity index (χ0) is 12.5. The second kappa shape index (κ2) is 4.58. The van der Waals surface area contributed by atoms with Crippen molar-refractivity contribution in [1.29, 1.82) is 0 Å². The summed E-state index contributed by atoms with van der Waals surface area (Å²) in [4.78, 5) is 0. The monoisotopic (exact) mass is 242 g/mol. The number of aromatic nitrogens is 2. The minimum absolute atomic E-state index is 0.309. The summed E-state index contributed by atoms with van der Waals surface area (Å²) in [6, 6.07) is 8.23. The summed E-state index contributed by atoms with van der Waals surface area (Å²) in [6.45, 7) is 0. The van der Waals surface area contributed by atoms with Crippen molar-refractivity contribution in [3.8, 4) is 0 Å². The molecule has 1 aromatic heterocycles. The summed E-state index contributed by atoms with van der Waals surface area (Å²) in [6.07, 6.45) is 6.62. The van der Waals surface area contributed by atoms with Crippen LogP contribution >= 0.6 is 0 Å². The van der Waals surface area contributed by atoms with Crippen molar-refractivity contribution in [2.45, 2.75) is 25.4 Å². The van der Waals surface area contributed by atoms with E-state index in [1.807, 2.05) is 36.3 Å². The Bertz CT molecular complexity index is 547. The van der Waals surface area contributed by atoms with Crippen LogP contribution in [-0.2, 0) is 19.9 Å². The summed E-state index contributed by atoms with van der Waals surface area (Å²) in [7, 11) is 1.93. The maximum atomic E-state index is 10.5. The Morgan fingerprint density at radius 2 is 2.22 bits per heavy atom. The van der Waals surface area contributed by atoms with Crippen molar-refractivity contribution >= 4 is 0 Å². The van der Waals surface area contributed by atoms with Gasteiger partial charge in [-0.2, -0.15) is 5.10 Å². The summed E-state index contributed by atoms with van der Waals surface area (Å²) < 4.78 is 1.82. The molecule has 0 radical (unpaired) electrons. The molecule has 1 aliphatic rings. The molecule has 2 atom stereocenters. The smallest absolute Gasteiger partial charge is 0.0824 e. The van der Waals surface area contributed by atoms with Crippen LogP contribution < -0.4 is 0 Å². The molecule has 0 aliphatic heterocycles. The highest BCUT2D eigenvalue weighted by Gasteiger charge is 2.27. The van der Waals surface area contributed by atoms with E-state index in [1.54, 1.807) is 0 Å². The fraction of sp³-hybridized carbons (Fsp3) is 0.400. The highest BCUT2D eigenvalue weighted by molar-refractivity contribution is 5.32. The van der Waals surface area contributed by atoms with E-state index in [4.69, 9.17) is 0 Å². The molecule has 0 fully saturated rings. The third kappa shape index (κ3) is 2.06. The Morgan fingerprint density at radius 1 is 1.39 bits per heavy atom. The number of hydrogen-bond donors (Lipinski definition) is 1. The maximum Gasteiger partial charge on any atom is 0.0824 e. The van der Waals surface area contributed by atoms with Gasteiger partial charge in [-0.15, -0.1) is 0 Å². The minimum Gasteiger partial charge on any atom is -0.388 e. The van der Waals surface area contributed by atoms with E-state index < -0.39 is 0 Å². The molecule has 0 saturated heterocycles. The van der Waals surface area contributed by atoms with Crippen LogP contribution in [0.4, 0.5) is 0 Å². The summed E-state index contributed by atoms with van der Waals surface area (Å²) in [5, 5.41) is 14.6. The maximum absolute atomic E-state index is 10.5. The fourth-order valence-electron chi connectivity index (χ4n) is 2.90. The Balaban J connectivity index is 1.80. The first-order valence-corrected chi connectivity index (χ1v) is 6.47. The average Bonchev–Trinajstić information content (AvgIpc) is 2.79. The Labute approximate surface area is 107 Å². The molecule has 3 nitrogen and oxygen atoms in total. The van der Waals surface area contributed by atoms with Gasteiger partial charge in [-0.1, -0.05) is 24.3 Å². The van der Waals surface area contributed by atoms with Gasteiger partial charge in [-0.05, 0) is 41.9 Å². The van der Waals surface area contributed by atoms with E-state index in [1.165, 1.54) is 11.1 Å². The number of aliphatic hydroxyl groups excluding tert-OH is 1. The van der Waals surface area contributed by atoms with Crippen LogP contribution in [0.3, 0.4) is 0 Å². The van der Waals surface area contributed by atoms with Crippen LogP contribution in [0.1, 0.15) is 29.2 Å². The van der Waals surface area contributed by atoms with Crippen LogP contribution in [0.15, 0.2) is 36.7 Å². The lowest BCUT2D eigenvalue weighted by molar-refractivity contribution is 0.0936. The predicted octanol–water partition coefficient (Wildman–Crippen LogP) is 2.26. The van der Waals surface area contributed by atoms with Crippen LogP contribution in [0.2, 0.25) is 0 Å². The lowest BCUT2D eigenvalue weighted by Gasteiger charge is -2.29. The van der Waals surface area contributed by atoms with Crippen LogP contribution in [0.25, 0.3) is 0 Å². The molecule has 0 bridgehead atoms. The number of nitrogens with zero attached hydrogens (tertiary/aromatic N) is 2. The molecule has 3 rings (SSSR count). The van der Waals surface area contributed by atoms with Crippen molar-refractivity contribution < 1.29 is 5.11 Å². The zero-order valence-electron chi connectivity index (χ0n) is 10.6. The quantitative estimate of drug-likeness (QED) is 0.877. The summed E-state index contributed by atoms with van der Waals surface area (Å²) in [5.41, 5.74) is 3.62. The minimum atomic E-state index is -0.338. The van der Waals surface area contributed by atoms with Crippen molar-refractivity contribution in [3.63, 3.8) is 0 Å². The molecular formula is C15H18N2O. The van der Waals surface area contributed by atoms with Gasteiger partial charge in [0.2, 0.25) is 0 Å². The van der Waals surface area contributed by atoms with Gasteiger partial charge in [-0.3, -0.25) is 4.68 Å². The van der Waals surface area contributed by atoms with E-state index in [2.05, 4.69) is 17.2 Å². The number of aryl methyl sites for hydroxylation is 2. The second-order valence-corrected chi connectivity index (χ2v) is 5.17. The lowest BCUT2D eigenvalue weighted by Crippen LogP contribution is -2.22. The SMILES string of the molecule is Cn1cc(CC2CCc3ccccc3C2O)cn1. The number of rotatable bonds is 2. The lowest BCUT2D eigenvalue weighted by atomic mass is 9.79. The van der Waals surface area contributed by atoms with Gasteiger partial charge in [0.25, 0.3) is 0 Å². The molecule has 1 N–H and O–H groups in total. The third-order valence-corrected chi connectivity index (χ3v) is 3.86. The molecule has 1 heterocycles. The topological polar surface area (TPSA) is 38.0 Å². The number of hydrogen-bond acceptors (Lipinski definition) is 2. The van der Waals surface area contributed by atoms with Gasteiger partial charge in [-0.25, -0.2) is 0 Å². The highest BCUT2D eigenvalue weighted by atomic mass is 16.3. The van der Waals surface area contributed by atoms with Crippen molar-refractivity contribution in [2.24, 2.45) is 13.0 Å². The molecule has 0 amide bonds. The first-order valence-electron chi connectivity index (χ1n) is 6.47. The number of benzene rings is 1. The summed E-state index contributed by atoms with van der Waals surface area (Å²) >= 11 is 0. The summed E-state index contributed by atoms with van der Waals surface area (Å²) in [5.74, 6) is 0.309. The van der Waals surface area contributed by atoms with E-state index in [9.17, 15) is 5.11 Å². The van der Waals surface area contributed by atoms with Crippen molar-refractivity contribution in [1.82, 2.24) is 9.78 Å². The molecule has 2 aromatic rings. The van der Waals surface area contributed by atoms with E-state index >= 15 is 0 Å². The van der Waals surface area contributed by atoms with Crippen molar-refractivity contribution in [2.75, 3.05) is 0 Å². The number of aliphatic hydroxyl groups is 1. The standard InChI is InChI=1S/C15H18N2O/c1-17-10-11(9-16-17)8-13-7-6-12-4-2-3-5-14(12)15(13)18/h2-5,9-10,13,15,18H,6-8H2,1H3. The second-order valence-electron chi connectivity index (χ2n) is 5.17. The van der Waals surface area contributed by atoms with Gasteiger partial charge in [0.15, 0.2) is 0 Å². The van der Waals surface area contributed by atoms with E-state index in [-0.39, 0.29) is 6.10 Å². The molecule has 1 aromatic carbocycles. The molecule has 94 valence electrons. The van der Waals surface area contributed by atoms with Crippen LogP contribution in [0, 0.1) is 5.92 Å². The highest BCUT2D eigenvalue weighted by Crippen LogP contribution is 2.35. The van der Waals surface area contributed by atoms with Gasteiger partial charge < -0.3 is 5.11 Å². The Morgan fingerprint density at radius 3 is 3.00 bits per heavy atom. The molecule has 2 unspecified atom stereocenters. The van der Waals surface area contributed by atoms with Gasteiger partial charge in [0, 0.05) is 13.2 Å². The zero-order valence-corrected chi connectivity index (χ0v) is 10.6. The molecule has 0 saturated carbocycles. The van der Waals surface area contributed by atoms with Crippen LogP contribution in [0.5, 0.6) is 0 Å². The normalized spacial score (nSPS) is 22.8. The van der Waals surface area contributed by atoms with E-state index in [0.29, 0.717) is 5.92 Å². The first-order chi connectivity index (χ1) is 8.74. The number of fused-ring (bicyclic) bond motifs is 1. The largest absolute Gasteiger partial charge is 0.388 e. The Kier molecular flexibility index (Phi) is 2.92. The van der Waals surface area contributed by atoms with Gasteiger partial charge >= 0.3 is 0 Å². The molecule has 3 heteroatoms. The third-order valence-electron chi connectivity index (χ3n) is 3.86. The Hall–Kier alpha value is -1.61. The van der Waals surface area contributed by atoms with E-state index in [0.717, 1.165) is 24.8 Å². The van der Waals surface area contributed by atoms with Gasteiger partial charge in [0.05, 0.1) is 12.3 Å². The molecular weight excluding hydrogens is 224 g/mol. The first kappa shape index (κ1) is 11.5.